The monoisotopic (exact) mass is 246 g/mol. The topological polar surface area (TPSA) is 63.0 Å². The van der Waals surface area contributed by atoms with E-state index in [1.165, 1.54) is 4.40 Å². The molecule has 0 atom stereocenters. The fourth-order valence-corrected chi connectivity index (χ4v) is 1.88. The number of aromatic amines is 1. The average molecular weight is 247 g/mol. The van der Waals surface area contributed by atoms with Crippen molar-refractivity contribution < 1.29 is 0 Å². The van der Waals surface area contributed by atoms with Crippen LogP contribution in [0.25, 0.3) is 16.9 Å². The van der Waals surface area contributed by atoms with Crippen molar-refractivity contribution in [3.63, 3.8) is 0 Å². The van der Waals surface area contributed by atoms with Gasteiger partial charge < -0.3 is 0 Å². The molecule has 0 radical (unpaired) electrons. The lowest BCUT2D eigenvalue weighted by molar-refractivity contribution is 1.02. The summed E-state index contributed by atoms with van der Waals surface area (Å²) < 4.78 is 1.41. The molecule has 0 aliphatic carbocycles. The maximum atomic E-state index is 11.7. The van der Waals surface area contributed by atoms with Crippen LogP contribution in [0.2, 0.25) is 5.15 Å². The molecule has 0 aliphatic heterocycles. The van der Waals surface area contributed by atoms with Gasteiger partial charge in [0.2, 0.25) is 0 Å². The van der Waals surface area contributed by atoms with Gasteiger partial charge in [-0.1, -0.05) is 41.9 Å². The Morgan fingerprint density at radius 1 is 1.24 bits per heavy atom. The van der Waals surface area contributed by atoms with Crippen LogP contribution in [0.3, 0.4) is 0 Å². The highest BCUT2D eigenvalue weighted by molar-refractivity contribution is 6.32. The number of hydrogen-bond donors (Lipinski definition) is 1. The number of halogens is 1. The largest absolute Gasteiger partial charge is 0.348 e. The first kappa shape index (κ1) is 10.0. The number of nitrogens with one attached hydrogen (secondary N) is 1. The molecule has 0 bridgehead atoms. The van der Waals surface area contributed by atoms with E-state index in [0.29, 0.717) is 11.3 Å². The molecule has 0 amide bonds. The Labute approximate surface area is 101 Å². The lowest BCUT2D eigenvalue weighted by Crippen LogP contribution is -2.12. The summed E-state index contributed by atoms with van der Waals surface area (Å²) in [6.45, 7) is 0. The van der Waals surface area contributed by atoms with Gasteiger partial charge in [-0.2, -0.15) is 0 Å². The Balaban J connectivity index is 2.42. The van der Waals surface area contributed by atoms with Gasteiger partial charge in [0.25, 0.3) is 0 Å². The second kappa shape index (κ2) is 3.71. The van der Waals surface area contributed by atoms with E-state index in [2.05, 4.69) is 15.2 Å². The molecule has 0 fully saturated rings. The molecule has 0 spiro atoms. The summed E-state index contributed by atoms with van der Waals surface area (Å²) in [5.41, 5.74) is 1.54. The van der Waals surface area contributed by atoms with E-state index in [-0.39, 0.29) is 10.8 Å². The van der Waals surface area contributed by atoms with Crippen LogP contribution in [0.4, 0.5) is 0 Å². The minimum atomic E-state index is -0.330. The van der Waals surface area contributed by atoms with Gasteiger partial charge in [0.1, 0.15) is 0 Å². The zero-order valence-corrected chi connectivity index (χ0v) is 9.35. The zero-order chi connectivity index (χ0) is 11.8. The zero-order valence-electron chi connectivity index (χ0n) is 8.59. The van der Waals surface area contributed by atoms with Crippen molar-refractivity contribution in [1.29, 1.82) is 0 Å². The van der Waals surface area contributed by atoms with Gasteiger partial charge in [0, 0.05) is 5.56 Å². The summed E-state index contributed by atoms with van der Waals surface area (Å²) >= 11 is 5.88. The summed E-state index contributed by atoms with van der Waals surface area (Å²) in [4.78, 5) is 15.7. The summed E-state index contributed by atoms with van der Waals surface area (Å²) in [5, 5.41) is 6.39. The number of aromatic nitrogens is 4. The molecular formula is C11H7ClN4O. The molecule has 0 saturated heterocycles. The Kier molecular flexibility index (Phi) is 2.19. The maximum Gasteiger partial charge on any atom is 0.348 e. The Bertz CT molecular complexity index is 732. The second-order valence-electron chi connectivity index (χ2n) is 3.49. The van der Waals surface area contributed by atoms with Gasteiger partial charge in [-0.25, -0.2) is 19.3 Å². The molecule has 84 valence electrons. The van der Waals surface area contributed by atoms with Gasteiger partial charge in [0.05, 0.1) is 11.9 Å². The summed E-state index contributed by atoms with van der Waals surface area (Å²) in [6.07, 6.45) is 1.56. The van der Waals surface area contributed by atoms with Crippen LogP contribution in [-0.2, 0) is 0 Å². The van der Waals surface area contributed by atoms with E-state index in [0.717, 1.165) is 5.56 Å². The SMILES string of the molecule is O=c1[nH]nc2c(Cl)ncc(-c3ccccc3)n12. The molecule has 6 heteroatoms. The van der Waals surface area contributed by atoms with Crippen LogP contribution in [-0.4, -0.2) is 19.6 Å². The molecule has 3 rings (SSSR count). The normalized spacial score (nSPS) is 10.9. The van der Waals surface area contributed by atoms with Crippen molar-refractivity contribution >= 4 is 17.2 Å². The molecule has 2 heterocycles. The fraction of sp³-hybridized carbons (Fsp3) is 0. The molecule has 5 nitrogen and oxygen atoms in total. The summed E-state index contributed by atoms with van der Waals surface area (Å²) in [5.74, 6) is 0. The highest BCUT2D eigenvalue weighted by atomic mass is 35.5. The first-order chi connectivity index (χ1) is 8.27. The standard InChI is InChI=1S/C11H7ClN4O/c12-9-10-14-15-11(17)16(10)8(6-13-9)7-4-2-1-3-5-7/h1-6H,(H,15,17). The van der Waals surface area contributed by atoms with Crippen molar-refractivity contribution in [3.8, 4) is 11.3 Å². The number of H-pyrrole nitrogens is 1. The van der Waals surface area contributed by atoms with Crippen molar-refractivity contribution in [2.75, 3.05) is 0 Å². The molecule has 0 unspecified atom stereocenters. The molecule has 1 N–H and O–H groups in total. The first-order valence-corrected chi connectivity index (χ1v) is 5.32. The van der Waals surface area contributed by atoms with E-state index in [1.807, 2.05) is 30.3 Å². The highest BCUT2D eigenvalue weighted by Crippen LogP contribution is 2.20. The van der Waals surface area contributed by atoms with Gasteiger partial charge in [-0.05, 0) is 0 Å². The number of fused-ring (bicyclic) bond motifs is 1. The molecule has 3 aromatic rings. The van der Waals surface area contributed by atoms with Crippen LogP contribution in [0.15, 0.2) is 41.3 Å². The Morgan fingerprint density at radius 2 is 2.00 bits per heavy atom. The molecule has 0 aliphatic rings. The smallest absolute Gasteiger partial charge is 0.246 e. The highest BCUT2D eigenvalue weighted by Gasteiger charge is 2.11. The van der Waals surface area contributed by atoms with Crippen LogP contribution in [0, 0.1) is 0 Å². The van der Waals surface area contributed by atoms with E-state index < -0.39 is 0 Å². The first-order valence-electron chi connectivity index (χ1n) is 4.94. The molecule has 17 heavy (non-hydrogen) atoms. The second-order valence-corrected chi connectivity index (χ2v) is 3.85. The van der Waals surface area contributed by atoms with Crippen molar-refractivity contribution in [1.82, 2.24) is 19.6 Å². The summed E-state index contributed by atoms with van der Waals surface area (Å²) in [7, 11) is 0. The third kappa shape index (κ3) is 1.52. The Morgan fingerprint density at radius 3 is 2.76 bits per heavy atom. The molecule has 2 aromatic heterocycles. The predicted molar refractivity (Wildman–Crippen MR) is 64.1 cm³/mol. The maximum absolute atomic E-state index is 11.7. The number of rotatable bonds is 1. The number of nitrogens with zero attached hydrogens (tertiary/aromatic N) is 3. The van der Waals surface area contributed by atoms with E-state index in [1.54, 1.807) is 6.20 Å². The van der Waals surface area contributed by atoms with Crippen LogP contribution in [0.5, 0.6) is 0 Å². The summed E-state index contributed by atoms with van der Waals surface area (Å²) in [6, 6.07) is 9.47. The molecular weight excluding hydrogens is 240 g/mol. The number of benzene rings is 1. The van der Waals surface area contributed by atoms with Gasteiger partial charge in [-0.15, -0.1) is 5.10 Å². The van der Waals surface area contributed by atoms with Crippen LogP contribution in [0.1, 0.15) is 0 Å². The van der Waals surface area contributed by atoms with Gasteiger partial charge in [-0.3, -0.25) is 0 Å². The molecule has 1 aromatic carbocycles. The van der Waals surface area contributed by atoms with Crippen molar-refractivity contribution in [2.24, 2.45) is 0 Å². The van der Waals surface area contributed by atoms with Gasteiger partial charge in [0.15, 0.2) is 10.8 Å². The quantitative estimate of drug-likeness (QED) is 0.711. The van der Waals surface area contributed by atoms with Crippen LogP contribution >= 0.6 is 11.6 Å². The third-order valence-corrected chi connectivity index (χ3v) is 2.73. The van der Waals surface area contributed by atoms with Gasteiger partial charge >= 0.3 is 5.69 Å². The minimum Gasteiger partial charge on any atom is -0.246 e. The van der Waals surface area contributed by atoms with Crippen molar-refractivity contribution in [2.45, 2.75) is 0 Å². The van der Waals surface area contributed by atoms with Crippen LogP contribution < -0.4 is 5.69 Å². The lowest BCUT2D eigenvalue weighted by atomic mass is 10.2. The van der Waals surface area contributed by atoms with Crippen molar-refractivity contribution in [3.05, 3.63) is 52.2 Å². The average Bonchev–Trinajstić information content (AvgIpc) is 2.75. The number of hydrogen-bond acceptors (Lipinski definition) is 3. The lowest BCUT2D eigenvalue weighted by Gasteiger charge is -2.03. The third-order valence-electron chi connectivity index (χ3n) is 2.47. The Hall–Kier alpha value is -2.14. The fourth-order valence-electron chi connectivity index (χ4n) is 1.70. The molecule has 0 saturated carbocycles. The van der Waals surface area contributed by atoms with E-state index in [4.69, 9.17) is 11.6 Å². The van der Waals surface area contributed by atoms with E-state index >= 15 is 0 Å². The minimum absolute atomic E-state index is 0.197. The van der Waals surface area contributed by atoms with E-state index in [9.17, 15) is 4.79 Å². The predicted octanol–water partition coefficient (Wildman–Crippen LogP) is 1.74.